The first-order valence-electron chi connectivity index (χ1n) is 12.7. The lowest BCUT2D eigenvalue weighted by atomic mass is 10.1. The van der Waals surface area contributed by atoms with E-state index in [0.29, 0.717) is 5.56 Å². The molecule has 40 heavy (non-hydrogen) atoms. The van der Waals surface area contributed by atoms with Crippen LogP contribution in [0.2, 0.25) is 0 Å². The molecule has 0 saturated heterocycles. The van der Waals surface area contributed by atoms with Crippen molar-refractivity contribution in [3.8, 4) is 0 Å². The third-order valence-corrected chi connectivity index (χ3v) is 9.74. The molecular weight excluding hydrogens is 544 g/mol. The van der Waals surface area contributed by atoms with Crippen molar-refractivity contribution in [2.45, 2.75) is 35.9 Å². The van der Waals surface area contributed by atoms with Gasteiger partial charge in [0.05, 0.1) is 22.5 Å². The van der Waals surface area contributed by atoms with Crippen molar-refractivity contribution in [2.75, 3.05) is 12.3 Å². The number of ether oxygens (including phenoxy) is 1. The highest BCUT2D eigenvalue weighted by atomic mass is 32.2. The number of aromatic nitrogens is 1. The fourth-order valence-corrected chi connectivity index (χ4v) is 7.37. The summed E-state index contributed by atoms with van der Waals surface area (Å²) in [6, 6.07) is 22.7. The number of sulfone groups is 1. The molecule has 0 spiro atoms. The van der Waals surface area contributed by atoms with Crippen molar-refractivity contribution >= 4 is 50.1 Å². The van der Waals surface area contributed by atoms with E-state index in [1.54, 1.807) is 43.3 Å². The van der Waals surface area contributed by atoms with Gasteiger partial charge in [-0.05, 0) is 50.1 Å². The van der Waals surface area contributed by atoms with Gasteiger partial charge in [0.25, 0.3) is 0 Å². The molecule has 0 aliphatic carbocycles. The van der Waals surface area contributed by atoms with E-state index in [1.807, 2.05) is 50.2 Å². The number of benzene rings is 3. The smallest absolute Gasteiger partial charge is 0.346 e. The Morgan fingerprint density at radius 3 is 2.17 bits per heavy atom. The summed E-state index contributed by atoms with van der Waals surface area (Å²) in [6.45, 7) is 5.68. The summed E-state index contributed by atoms with van der Waals surface area (Å²) in [4.78, 5) is 27.7. The SMILES string of the molecule is CCOC(=O)C1=c2/c(=C/c3ccc(C)cc3)c(N)c(S(=O)(=O)c3ccccc3)n2C(=O)[C@H](c2ccc(C)cc2)S1. The van der Waals surface area contributed by atoms with Crippen LogP contribution in [0, 0.1) is 13.8 Å². The van der Waals surface area contributed by atoms with Gasteiger partial charge in [-0.15, -0.1) is 0 Å². The van der Waals surface area contributed by atoms with Crippen molar-refractivity contribution in [1.29, 1.82) is 0 Å². The Morgan fingerprint density at radius 2 is 1.57 bits per heavy atom. The van der Waals surface area contributed by atoms with Crippen LogP contribution < -0.4 is 16.3 Å². The fraction of sp³-hybridized carbons (Fsp3) is 0.161. The molecule has 5 rings (SSSR count). The van der Waals surface area contributed by atoms with Gasteiger partial charge in [-0.2, -0.15) is 0 Å². The molecule has 0 amide bonds. The Labute approximate surface area is 236 Å². The van der Waals surface area contributed by atoms with Crippen molar-refractivity contribution in [1.82, 2.24) is 4.57 Å². The molecule has 0 saturated carbocycles. The van der Waals surface area contributed by atoms with Crippen LogP contribution in [-0.2, 0) is 19.4 Å². The normalized spacial score (nSPS) is 15.7. The number of fused-ring (bicyclic) bond motifs is 1. The fourth-order valence-electron chi connectivity index (χ4n) is 4.61. The van der Waals surface area contributed by atoms with Gasteiger partial charge < -0.3 is 10.5 Å². The van der Waals surface area contributed by atoms with Crippen LogP contribution in [0.15, 0.2) is 88.8 Å². The van der Waals surface area contributed by atoms with E-state index in [-0.39, 0.29) is 37.7 Å². The van der Waals surface area contributed by atoms with Crippen molar-refractivity contribution < 1.29 is 22.7 Å². The predicted molar refractivity (Wildman–Crippen MR) is 157 cm³/mol. The van der Waals surface area contributed by atoms with Gasteiger partial charge in [-0.25, -0.2) is 13.2 Å². The zero-order valence-electron chi connectivity index (χ0n) is 22.2. The van der Waals surface area contributed by atoms with Gasteiger partial charge in [-0.1, -0.05) is 89.6 Å². The third-order valence-electron chi connectivity index (χ3n) is 6.64. The molecule has 1 aromatic heterocycles. The second-order valence-corrected chi connectivity index (χ2v) is 12.5. The number of thioether (sulfide) groups is 1. The molecule has 2 heterocycles. The summed E-state index contributed by atoms with van der Waals surface area (Å²) in [5, 5.41) is -0.874. The van der Waals surface area contributed by atoms with E-state index in [0.717, 1.165) is 33.0 Å². The van der Waals surface area contributed by atoms with Gasteiger partial charge in [0.15, 0.2) is 5.03 Å². The molecule has 0 fully saturated rings. The number of anilines is 1. The first kappa shape index (κ1) is 27.5. The zero-order valence-corrected chi connectivity index (χ0v) is 23.9. The van der Waals surface area contributed by atoms with Gasteiger partial charge >= 0.3 is 5.97 Å². The average molecular weight is 573 g/mol. The number of nitrogens with zero attached hydrogens (tertiary/aromatic N) is 1. The summed E-state index contributed by atoms with van der Waals surface area (Å²) in [5.74, 6) is -1.17. The van der Waals surface area contributed by atoms with Crippen molar-refractivity contribution in [3.05, 3.63) is 112 Å². The highest BCUT2D eigenvalue weighted by molar-refractivity contribution is 8.10. The molecule has 2 N–H and O–H groups in total. The third kappa shape index (κ3) is 4.87. The summed E-state index contributed by atoms with van der Waals surface area (Å²) >= 11 is 1.05. The maximum atomic E-state index is 14.2. The number of hydrogen-bond donors (Lipinski definition) is 1. The van der Waals surface area contributed by atoms with E-state index in [2.05, 4.69) is 0 Å². The molecule has 1 aliphatic heterocycles. The van der Waals surface area contributed by atoms with Crippen molar-refractivity contribution in [2.24, 2.45) is 0 Å². The quantitative estimate of drug-likeness (QED) is 0.346. The summed E-state index contributed by atoms with van der Waals surface area (Å²) in [7, 11) is -4.27. The monoisotopic (exact) mass is 572 g/mol. The molecule has 0 unspecified atom stereocenters. The van der Waals surface area contributed by atoms with E-state index >= 15 is 0 Å². The largest absolute Gasteiger partial charge is 0.462 e. The van der Waals surface area contributed by atoms with E-state index in [1.165, 1.54) is 12.1 Å². The van der Waals surface area contributed by atoms with E-state index < -0.39 is 27.0 Å². The number of esters is 1. The Bertz CT molecular complexity index is 1840. The summed E-state index contributed by atoms with van der Waals surface area (Å²) in [6.07, 6.45) is 1.70. The minimum atomic E-state index is -4.27. The topological polar surface area (TPSA) is 108 Å². The molecule has 3 aromatic carbocycles. The van der Waals surface area contributed by atoms with Crippen LogP contribution in [0.1, 0.15) is 39.2 Å². The van der Waals surface area contributed by atoms with Crippen molar-refractivity contribution in [3.63, 3.8) is 0 Å². The van der Waals surface area contributed by atoms with Crippen LogP contribution in [0.4, 0.5) is 5.69 Å². The predicted octanol–water partition coefficient (Wildman–Crippen LogP) is 4.15. The second kappa shape index (κ2) is 10.8. The maximum Gasteiger partial charge on any atom is 0.346 e. The Hall–Kier alpha value is -4.08. The first-order valence-corrected chi connectivity index (χ1v) is 15.1. The van der Waals surface area contributed by atoms with Gasteiger partial charge in [0.1, 0.15) is 10.2 Å². The summed E-state index contributed by atoms with van der Waals surface area (Å²) < 4.78 is 34.6. The van der Waals surface area contributed by atoms with E-state index in [9.17, 15) is 18.0 Å². The Balaban J connectivity index is 1.91. The number of carbonyl (C=O) groups excluding carboxylic acids is 2. The number of nitrogens with two attached hydrogens (primary N) is 1. The van der Waals surface area contributed by atoms with Crippen LogP contribution in [-0.4, -0.2) is 31.5 Å². The first-order chi connectivity index (χ1) is 19.1. The number of hydrogen-bond acceptors (Lipinski definition) is 7. The maximum absolute atomic E-state index is 14.2. The lowest BCUT2D eigenvalue weighted by molar-refractivity contribution is -0.135. The highest BCUT2D eigenvalue weighted by Gasteiger charge is 2.40. The minimum Gasteiger partial charge on any atom is -0.462 e. The number of carbonyl (C=O) groups is 2. The molecule has 7 nitrogen and oxygen atoms in total. The molecule has 1 aliphatic rings. The number of aryl methyl sites for hydroxylation is 2. The van der Waals surface area contributed by atoms with Crippen LogP contribution in [0.3, 0.4) is 0 Å². The van der Waals surface area contributed by atoms with Crippen LogP contribution in [0.5, 0.6) is 0 Å². The average Bonchev–Trinajstić information content (AvgIpc) is 3.24. The van der Waals surface area contributed by atoms with E-state index in [4.69, 9.17) is 10.5 Å². The molecule has 0 bridgehead atoms. The molecule has 9 heteroatoms. The lowest BCUT2D eigenvalue weighted by Crippen LogP contribution is -2.42. The Morgan fingerprint density at radius 1 is 0.975 bits per heavy atom. The molecule has 4 aromatic rings. The molecule has 204 valence electrons. The van der Waals surface area contributed by atoms with Gasteiger partial charge in [-0.3, -0.25) is 9.36 Å². The highest BCUT2D eigenvalue weighted by Crippen LogP contribution is 2.40. The molecular formula is C31H28N2O5S2. The number of rotatable bonds is 6. The molecule has 0 radical (unpaired) electrons. The standard InChI is InChI=1S/C31H28N2O5S2/c1-4-38-31(35)28-26-24(18-21-14-10-19(2)11-15-21)25(32)30(40(36,37)23-8-6-5-7-9-23)33(26)29(34)27(39-28)22-16-12-20(3)13-17-22/h5-18,27H,4,32H2,1-3H3/b24-18+/t27-/m0/s1. The van der Waals surface area contributed by atoms with Gasteiger partial charge in [0.2, 0.25) is 15.7 Å². The second-order valence-electron chi connectivity index (χ2n) is 9.48. The van der Waals surface area contributed by atoms with Gasteiger partial charge in [0, 0.05) is 5.22 Å². The van der Waals surface area contributed by atoms with Crippen LogP contribution in [0.25, 0.3) is 11.0 Å². The molecule has 1 atom stereocenters. The number of nitrogen functional groups attached to an aromatic ring is 1. The van der Waals surface area contributed by atoms with Crippen LogP contribution >= 0.6 is 11.8 Å². The Kier molecular flexibility index (Phi) is 7.44. The minimum absolute atomic E-state index is 0.0144. The lowest BCUT2D eigenvalue weighted by Gasteiger charge is -2.24. The zero-order chi connectivity index (χ0) is 28.6. The summed E-state index contributed by atoms with van der Waals surface area (Å²) in [5.41, 5.74) is 9.93.